The molecule has 0 aromatic carbocycles. The molecule has 0 amide bonds. The molecule has 0 saturated carbocycles. The van der Waals surface area contributed by atoms with Crippen LogP contribution >= 0.6 is 11.6 Å². The zero-order valence-corrected chi connectivity index (χ0v) is 6.59. The predicted octanol–water partition coefficient (Wildman–Crippen LogP) is 2.01. The van der Waals surface area contributed by atoms with Gasteiger partial charge in [0.2, 0.25) is 6.08 Å². The van der Waals surface area contributed by atoms with Gasteiger partial charge in [-0.1, -0.05) is 11.6 Å². The summed E-state index contributed by atoms with van der Waals surface area (Å²) in [5.41, 5.74) is 1.32. The van der Waals surface area contributed by atoms with Crippen LogP contribution in [0.3, 0.4) is 0 Å². The summed E-state index contributed by atoms with van der Waals surface area (Å²) in [6.45, 7) is 1.80. The van der Waals surface area contributed by atoms with E-state index in [9.17, 15) is 4.79 Å². The fourth-order valence-electron chi connectivity index (χ4n) is 0.681. The van der Waals surface area contributed by atoms with E-state index in [1.807, 2.05) is 0 Å². The molecule has 11 heavy (non-hydrogen) atoms. The van der Waals surface area contributed by atoms with Crippen LogP contribution in [0.4, 0.5) is 5.69 Å². The Labute approximate surface area is 68.7 Å². The van der Waals surface area contributed by atoms with Gasteiger partial charge in [0.25, 0.3) is 0 Å². The average molecular weight is 169 g/mol. The molecule has 0 spiro atoms. The number of isocyanates is 1. The van der Waals surface area contributed by atoms with Crippen molar-refractivity contribution in [1.82, 2.24) is 4.98 Å². The van der Waals surface area contributed by atoms with Crippen LogP contribution in [0.15, 0.2) is 17.3 Å². The van der Waals surface area contributed by atoms with Crippen molar-refractivity contribution < 1.29 is 4.79 Å². The van der Waals surface area contributed by atoms with Gasteiger partial charge in [-0.15, -0.1) is 0 Å². The Bertz CT molecular complexity index is 318. The summed E-state index contributed by atoms with van der Waals surface area (Å²) in [4.78, 5) is 17.0. The second-order valence-electron chi connectivity index (χ2n) is 2.00. The summed E-state index contributed by atoms with van der Waals surface area (Å²) in [6, 6.07) is 1.64. The van der Waals surface area contributed by atoms with Gasteiger partial charge in [0, 0.05) is 0 Å². The molecule has 0 aliphatic heterocycles. The van der Waals surface area contributed by atoms with Crippen LogP contribution in [-0.4, -0.2) is 11.1 Å². The smallest absolute Gasteiger partial charge is 0.240 e. The maximum absolute atomic E-state index is 9.86. The monoisotopic (exact) mass is 168 g/mol. The summed E-state index contributed by atoms with van der Waals surface area (Å²) in [5.74, 6) is 0. The van der Waals surface area contributed by atoms with Gasteiger partial charge in [0.1, 0.15) is 5.15 Å². The highest BCUT2D eigenvalue weighted by Gasteiger charge is 1.96. The second-order valence-corrected chi connectivity index (χ2v) is 2.38. The minimum atomic E-state index is 0.396. The standard InChI is InChI=1S/C7H5ClN2O/c1-5-2-7(8)9-3-6(5)10-4-11/h2-3H,1H3. The molecule has 0 radical (unpaired) electrons. The van der Waals surface area contributed by atoms with E-state index in [0.717, 1.165) is 5.56 Å². The Kier molecular flexibility index (Phi) is 2.36. The van der Waals surface area contributed by atoms with Crippen LogP contribution in [0.2, 0.25) is 5.15 Å². The minimum Gasteiger partial charge on any atom is -0.242 e. The Hall–Kier alpha value is -1.18. The first-order valence-corrected chi connectivity index (χ1v) is 3.32. The summed E-state index contributed by atoms with van der Waals surface area (Å²) in [7, 11) is 0. The quantitative estimate of drug-likeness (QED) is 0.366. The van der Waals surface area contributed by atoms with E-state index in [1.165, 1.54) is 12.3 Å². The summed E-state index contributed by atoms with van der Waals surface area (Å²) in [5, 5.41) is 0.396. The van der Waals surface area contributed by atoms with Gasteiger partial charge in [0.05, 0.1) is 11.9 Å². The predicted molar refractivity (Wildman–Crippen MR) is 41.8 cm³/mol. The van der Waals surface area contributed by atoms with Gasteiger partial charge in [-0.2, -0.15) is 4.99 Å². The topological polar surface area (TPSA) is 42.3 Å². The van der Waals surface area contributed by atoms with Crippen molar-refractivity contribution in [2.45, 2.75) is 6.92 Å². The molecule has 1 heterocycles. The minimum absolute atomic E-state index is 0.396. The molecular formula is C7H5ClN2O. The highest BCUT2D eigenvalue weighted by molar-refractivity contribution is 6.29. The molecule has 0 unspecified atom stereocenters. The molecule has 56 valence electrons. The van der Waals surface area contributed by atoms with E-state index in [-0.39, 0.29) is 0 Å². The van der Waals surface area contributed by atoms with Crippen LogP contribution < -0.4 is 0 Å². The van der Waals surface area contributed by atoms with Crippen LogP contribution in [0.1, 0.15) is 5.56 Å². The van der Waals surface area contributed by atoms with Gasteiger partial charge < -0.3 is 0 Å². The van der Waals surface area contributed by atoms with Gasteiger partial charge in [0.15, 0.2) is 0 Å². The SMILES string of the molecule is Cc1cc(Cl)ncc1N=C=O. The molecule has 0 bridgehead atoms. The lowest BCUT2D eigenvalue weighted by atomic mass is 10.3. The number of hydrogen-bond donors (Lipinski definition) is 0. The first kappa shape index (κ1) is 7.92. The van der Waals surface area contributed by atoms with E-state index in [4.69, 9.17) is 11.6 Å². The van der Waals surface area contributed by atoms with Crippen LogP contribution in [0.5, 0.6) is 0 Å². The number of hydrogen-bond acceptors (Lipinski definition) is 3. The molecule has 1 aromatic rings. The van der Waals surface area contributed by atoms with Gasteiger partial charge in [-0.3, -0.25) is 0 Å². The zero-order chi connectivity index (χ0) is 8.27. The third kappa shape index (κ3) is 1.87. The Morgan fingerprint density at radius 2 is 2.45 bits per heavy atom. The largest absolute Gasteiger partial charge is 0.242 e. The summed E-state index contributed by atoms with van der Waals surface area (Å²) in [6.07, 6.45) is 2.87. The number of carbonyl (C=O) groups excluding carboxylic acids is 1. The zero-order valence-electron chi connectivity index (χ0n) is 5.84. The number of pyridine rings is 1. The van der Waals surface area contributed by atoms with Crippen LogP contribution in [0, 0.1) is 6.92 Å². The van der Waals surface area contributed by atoms with E-state index in [2.05, 4.69) is 9.98 Å². The maximum atomic E-state index is 9.86. The lowest BCUT2D eigenvalue weighted by Gasteiger charge is -1.95. The number of aryl methyl sites for hydroxylation is 1. The Morgan fingerprint density at radius 3 is 3.00 bits per heavy atom. The number of halogens is 1. The maximum Gasteiger partial charge on any atom is 0.240 e. The molecule has 1 rings (SSSR count). The summed E-state index contributed by atoms with van der Waals surface area (Å²) < 4.78 is 0. The summed E-state index contributed by atoms with van der Waals surface area (Å²) >= 11 is 5.57. The van der Waals surface area contributed by atoms with Crippen molar-refractivity contribution in [3.8, 4) is 0 Å². The van der Waals surface area contributed by atoms with E-state index in [0.29, 0.717) is 10.8 Å². The van der Waals surface area contributed by atoms with Gasteiger partial charge in [-0.05, 0) is 18.6 Å². The van der Waals surface area contributed by atoms with Crippen molar-refractivity contribution in [2.24, 2.45) is 4.99 Å². The molecule has 4 heteroatoms. The van der Waals surface area contributed by atoms with Gasteiger partial charge >= 0.3 is 0 Å². The Morgan fingerprint density at radius 1 is 1.73 bits per heavy atom. The molecule has 0 atom stereocenters. The fraction of sp³-hybridized carbons (Fsp3) is 0.143. The Balaban J connectivity index is 3.19. The van der Waals surface area contributed by atoms with E-state index in [1.54, 1.807) is 13.0 Å². The third-order valence-corrected chi connectivity index (χ3v) is 1.42. The van der Waals surface area contributed by atoms with Crippen LogP contribution in [-0.2, 0) is 4.79 Å². The molecular weight excluding hydrogens is 164 g/mol. The van der Waals surface area contributed by atoms with Crippen molar-refractivity contribution in [2.75, 3.05) is 0 Å². The molecule has 0 aliphatic rings. The average Bonchev–Trinajstić information content (AvgIpc) is 1.95. The molecule has 0 N–H and O–H groups in total. The van der Waals surface area contributed by atoms with Crippen molar-refractivity contribution in [1.29, 1.82) is 0 Å². The number of nitrogens with zero attached hydrogens (tertiary/aromatic N) is 2. The molecule has 0 aliphatic carbocycles. The van der Waals surface area contributed by atoms with Crippen molar-refractivity contribution >= 4 is 23.4 Å². The molecule has 0 fully saturated rings. The number of aliphatic imine (C=N–C) groups is 1. The molecule has 0 saturated heterocycles. The third-order valence-electron chi connectivity index (χ3n) is 1.22. The van der Waals surface area contributed by atoms with Crippen molar-refractivity contribution in [3.63, 3.8) is 0 Å². The fourth-order valence-corrected chi connectivity index (χ4v) is 0.893. The van der Waals surface area contributed by atoms with Crippen molar-refractivity contribution in [3.05, 3.63) is 23.0 Å². The lowest BCUT2D eigenvalue weighted by molar-refractivity contribution is 0.565. The molecule has 3 nitrogen and oxygen atoms in total. The van der Waals surface area contributed by atoms with E-state index < -0.39 is 0 Å². The van der Waals surface area contributed by atoms with E-state index >= 15 is 0 Å². The number of rotatable bonds is 1. The first-order chi connectivity index (χ1) is 5.24. The lowest BCUT2D eigenvalue weighted by Crippen LogP contribution is -1.78. The highest BCUT2D eigenvalue weighted by atomic mass is 35.5. The first-order valence-electron chi connectivity index (χ1n) is 2.94. The molecule has 1 aromatic heterocycles. The highest BCUT2D eigenvalue weighted by Crippen LogP contribution is 2.18. The number of aromatic nitrogens is 1. The van der Waals surface area contributed by atoms with Crippen LogP contribution in [0.25, 0.3) is 0 Å². The second kappa shape index (κ2) is 3.28. The normalized spacial score (nSPS) is 8.91. The van der Waals surface area contributed by atoms with Gasteiger partial charge in [-0.25, -0.2) is 9.78 Å².